The molecule has 38 heavy (non-hydrogen) atoms. The van der Waals surface area contributed by atoms with Crippen LogP contribution in [0, 0.1) is 6.92 Å². The van der Waals surface area contributed by atoms with Crippen LogP contribution in [-0.2, 0) is 11.2 Å². The highest BCUT2D eigenvalue weighted by Crippen LogP contribution is 2.40. The van der Waals surface area contributed by atoms with E-state index in [9.17, 15) is 9.59 Å². The largest absolute Gasteiger partial charge is 0.484 e. The van der Waals surface area contributed by atoms with E-state index < -0.39 is 0 Å². The molecule has 3 heterocycles. The number of hydrogen-bond acceptors (Lipinski definition) is 5. The first-order valence-electron chi connectivity index (χ1n) is 13.1. The summed E-state index contributed by atoms with van der Waals surface area (Å²) < 4.78 is 17.7. The summed E-state index contributed by atoms with van der Waals surface area (Å²) in [7, 11) is 0. The van der Waals surface area contributed by atoms with Crippen molar-refractivity contribution in [3.63, 3.8) is 0 Å². The molecular formula is C32H29NO5. The van der Waals surface area contributed by atoms with E-state index in [-0.39, 0.29) is 24.1 Å². The average molecular weight is 508 g/mol. The molecule has 0 spiro atoms. The number of piperidine rings is 1. The highest BCUT2D eigenvalue weighted by atomic mass is 16.5. The fourth-order valence-electron chi connectivity index (χ4n) is 5.11. The molecule has 1 saturated heterocycles. The van der Waals surface area contributed by atoms with Gasteiger partial charge in [0.25, 0.3) is 5.91 Å². The SMILES string of the molecule is Cc1ccc(C(=O)c2oc3cc4c(cc3c2-c2ccc(OCC(=O)N3CCCCC3)cc2)CC=CO4)cc1. The normalized spacial score (nSPS) is 14.7. The van der Waals surface area contributed by atoms with Gasteiger partial charge in [0.15, 0.2) is 12.4 Å². The molecule has 0 N–H and O–H groups in total. The lowest BCUT2D eigenvalue weighted by Crippen LogP contribution is -2.38. The second-order valence-corrected chi connectivity index (χ2v) is 9.91. The van der Waals surface area contributed by atoms with E-state index in [1.54, 1.807) is 6.26 Å². The van der Waals surface area contributed by atoms with Gasteiger partial charge in [-0.05, 0) is 68.0 Å². The molecule has 0 radical (unpaired) electrons. The maximum Gasteiger partial charge on any atom is 0.260 e. The molecule has 6 nitrogen and oxygen atoms in total. The van der Waals surface area contributed by atoms with Crippen molar-refractivity contribution >= 4 is 22.7 Å². The van der Waals surface area contributed by atoms with Crippen molar-refractivity contribution < 1.29 is 23.5 Å². The molecule has 6 heteroatoms. The van der Waals surface area contributed by atoms with Gasteiger partial charge in [0.2, 0.25) is 5.78 Å². The second kappa shape index (κ2) is 10.2. The maximum absolute atomic E-state index is 13.6. The number of ether oxygens (including phenoxy) is 2. The van der Waals surface area contributed by atoms with Gasteiger partial charge in [-0.25, -0.2) is 0 Å². The Morgan fingerprint density at radius 3 is 2.47 bits per heavy atom. The Kier molecular flexibility index (Phi) is 6.46. The number of carbonyl (C=O) groups excluding carboxylic acids is 2. The van der Waals surface area contributed by atoms with Crippen LogP contribution in [0.4, 0.5) is 0 Å². The van der Waals surface area contributed by atoms with E-state index in [2.05, 4.69) is 0 Å². The molecule has 1 fully saturated rings. The molecule has 0 unspecified atom stereocenters. The fraction of sp³-hybridized carbons (Fsp3) is 0.250. The third-order valence-electron chi connectivity index (χ3n) is 7.23. The number of furan rings is 1. The van der Waals surface area contributed by atoms with Crippen LogP contribution in [0.1, 0.15) is 46.5 Å². The van der Waals surface area contributed by atoms with Crippen LogP contribution >= 0.6 is 0 Å². The summed E-state index contributed by atoms with van der Waals surface area (Å²) in [5.41, 5.74) is 4.84. The molecule has 0 saturated carbocycles. The Morgan fingerprint density at radius 2 is 1.71 bits per heavy atom. The van der Waals surface area contributed by atoms with Crippen LogP contribution in [0.15, 0.2) is 77.4 Å². The number of likely N-dealkylation sites (tertiary alicyclic amines) is 1. The molecule has 2 aliphatic heterocycles. The highest BCUT2D eigenvalue weighted by molar-refractivity contribution is 6.16. The maximum atomic E-state index is 13.6. The Balaban J connectivity index is 1.33. The van der Waals surface area contributed by atoms with Crippen molar-refractivity contribution in [2.75, 3.05) is 19.7 Å². The van der Waals surface area contributed by atoms with Gasteiger partial charge >= 0.3 is 0 Å². The lowest BCUT2D eigenvalue weighted by Gasteiger charge is -2.26. The van der Waals surface area contributed by atoms with Gasteiger partial charge in [-0.2, -0.15) is 0 Å². The number of hydrogen-bond donors (Lipinski definition) is 0. The molecule has 6 rings (SSSR count). The fourth-order valence-corrected chi connectivity index (χ4v) is 5.11. The third-order valence-corrected chi connectivity index (χ3v) is 7.23. The van der Waals surface area contributed by atoms with Gasteiger partial charge < -0.3 is 18.8 Å². The van der Waals surface area contributed by atoms with E-state index in [1.165, 1.54) is 6.42 Å². The van der Waals surface area contributed by atoms with E-state index in [0.29, 0.717) is 16.9 Å². The van der Waals surface area contributed by atoms with E-state index in [0.717, 1.165) is 65.7 Å². The molecule has 1 amide bonds. The van der Waals surface area contributed by atoms with Gasteiger partial charge in [0.05, 0.1) is 6.26 Å². The van der Waals surface area contributed by atoms with Gasteiger partial charge in [0, 0.05) is 35.7 Å². The summed E-state index contributed by atoms with van der Waals surface area (Å²) >= 11 is 0. The van der Waals surface area contributed by atoms with Crippen LogP contribution in [0.5, 0.6) is 11.5 Å². The van der Waals surface area contributed by atoms with Crippen molar-refractivity contribution in [1.29, 1.82) is 0 Å². The summed E-state index contributed by atoms with van der Waals surface area (Å²) in [6.07, 6.45) is 7.65. The monoisotopic (exact) mass is 507 g/mol. The number of aryl methyl sites for hydroxylation is 1. The van der Waals surface area contributed by atoms with E-state index in [1.807, 2.05) is 78.6 Å². The highest BCUT2D eigenvalue weighted by Gasteiger charge is 2.25. The van der Waals surface area contributed by atoms with Gasteiger partial charge in [-0.3, -0.25) is 9.59 Å². The van der Waals surface area contributed by atoms with Crippen LogP contribution in [-0.4, -0.2) is 36.3 Å². The van der Waals surface area contributed by atoms with Crippen molar-refractivity contribution in [2.24, 2.45) is 0 Å². The molecule has 2 aliphatic rings. The molecule has 4 aromatic rings. The molecule has 1 aromatic heterocycles. The lowest BCUT2D eigenvalue weighted by atomic mass is 9.96. The third kappa shape index (κ3) is 4.70. The lowest BCUT2D eigenvalue weighted by molar-refractivity contribution is -0.134. The first-order valence-corrected chi connectivity index (χ1v) is 13.1. The number of nitrogens with zero attached hydrogens (tertiary/aromatic N) is 1. The van der Waals surface area contributed by atoms with Crippen LogP contribution in [0.3, 0.4) is 0 Å². The zero-order valence-corrected chi connectivity index (χ0v) is 21.4. The van der Waals surface area contributed by atoms with Crippen molar-refractivity contribution in [3.8, 4) is 22.6 Å². The number of amides is 1. The number of rotatable bonds is 6. The number of allylic oxidation sites excluding steroid dienone is 1. The van der Waals surface area contributed by atoms with Crippen LogP contribution in [0.2, 0.25) is 0 Å². The minimum Gasteiger partial charge on any atom is -0.484 e. The molecule has 0 aliphatic carbocycles. The molecule has 0 bridgehead atoms. The Hall–Kier alpha value is -4.32. The van der Waals surface area contributed by atoms with Gasteiger partial charge in [-0.15, -0.1) is 0 Å². The standard InChI is InChI=1S/C32H29NO5/c1-21-7-9-23(10-8-21)31(35)32-30(26-18-24-6-5-17-36-27(24)19-28(26)38-32)22-11-13-25(14-12-22)37-20-29(34)33-15-3-2-4-16-33/h5,7-14,17-19H,2-4,6,15-16,20H2,1H3. The van der Waals surface area contributed by atoms with Crippen LogP contribution < -0.4 is 9.47 Å². The first-order chi connectivity index (χ1) is 18.6. The Morgan fingerprint density at radius 1 is 0.947 bits per heavy atom. The predicted molar refractivity (Wildman–Crippen MR) is 146 cm³/mol. The number of ketones is 1. The Bertz CT molecular complexity index is 1520. The quantitative estimate of drug-likeness (QED) is 0.280. The van der Waals surface area contributed by atoms with Crippen molar-refractivity contribution in [2.45, 2.75) is 32.6 Å². The smallest absolute Gasteiger partial charge is 0.260 e. The van der Waals surface area contributed by atoms with E-state index >= 15 is 0 Å². The van der Waals surface area contributed by atoms with Crippen molar-refractivity contribution in [3.05, 3.63) is 95.5 Å². The Labute approximate surface area is 221 Å². The van der Waals surface area contributed by atoms with Crippen LogP contribution in [0.25, 0.3) is 22.1 Å². The second-order valence-electron chi connectivity index (χ2n) is 9.91. The number of benzene rings is 3. The molecular weight excluding hydrogens is 478 g/mol. The summed E-state index contributed by atoms with van der Waals surface area (Å²) in [5, 5.41) is 0.854. The molecule has 0 atom stereocenters. The zero-order chi connectivity index (χ0) is 26.1. The number of fused-ring (bicyclic) bond motifs is 2. The first kappa shape index (κ1) is 24.0. The summed E-state index contributed by atoms with van der Waals surface area (Å²) in [6, 6.07) is 18.9. The summed E-state index contributed by atoms with van der Waals surface area (Å²) in [5.74, 6) is 1.46. The van der Waals surface area contributed by atoms with Crippen molar-refractivity contribution in [1.82, 2.24) is 4.90 Å². The van der Waals surface area contributed by atoms with Gasteiger partial charge in [-0.1, -0.05) is 42.0 Å². The minimum absolute atomic E-state index is 0.0154. The topological polar surface area (TPSA) is 69.0 Å². The summed E-state index contributed by atoms with van der Waals surface area (Å²) in [4.78, 5) is 28.0. The molecule has 3 aromatic carbocycles. The zero-order valence-electron chi connectivity index (χ0n) is 21.4. The van der Waals surface area contributed by atoms with Gasteiger partial charge in [0.1, 0.15) is 17.1 Å². The summed E-state index contributed by atoms with van der Waals surface area (Å²) in [6.45, 7) is 3.61. The molecule has 192 valence electrons. The number of carbonyl (C=O) groups is 2. The average Bonchev–Trinajstić information content (AvgIpc) is 3.33. The van der Waals surface area contributed by atoms with E-state index in [4.69, 9.17) is 13.9 Å². The predicted octanol–water partition coefficient (Wildman–Crippen LogP) is 6.48. The minimum atomic E-state index is -0.180.